The van der Waals surface area contributed by atoms with Crippen LogP contribution in [0.1, 0.15) is 31.2 Å². The predicted octanol–water partition coefficient (Wildman–Crippen LogP) is 2.61. The Balaban J connectivity index is 1.58. The van der Waals surface area contributed by atoms with E-state index in [-0.39, 0.29) is 17.6 Å². The maximum atomic E-state index is 12.6. The third-order valence-corrected chi connectivity index (χ3v) is 7.20. The molecule has 0 bridgehead atoms. The molecule has 2 saturated heterocycles. The third-order valence-electron chi connectivity index (χ3n) is 4.85. The van der Waals surface area contributed by atoms with Crippen LogP contribution in [0.4, 0.5) is 0 Å². The summed E-state index contributed by atoms with van der Waals surface area (Å²) in [5.74, 6) is 0.217. The lowest BCUT2D eigenvalue weighted by Gasteiger charge is -2.32. The van der Waals surface area contributed by atoms with Gasteiger partial charge in [-0.15, -0.1) is 0 Å². The number of nitrogens with zero attached hydrogens (tertiary/aromatic N) is 2. The Morgan fingerprint density at radius 1 is 1.12 bits per heavy atom. The number of hydrogen-bond donors (Lipinski definition) is 0. The van der Waals surface area contributed by atoms with E-state index in [9.17, 15) is 13.2 Å². The second-order valence-corrected chi connectivity index (χ2v) is 9.48. The SMILES string of the molecule is O=C(C1CCN(S(=O)(=O)Cc2cccc(Br)c2)CC1)N1CCCC1. The molecule has 0 saturated carbocycles. The van der Waals surface area contributed by atoms with Crippen LogP contribution in [0.5, 0.6) is 0 Å². The lowest BCUT2D eigenvalue weighted by atomic mass is 9.97. The molecule has 132 valence electrons. The molecule has 0 radical (unpaired) electrons. The van der Waals surface area contributed by atoms with Gasteiger partial charge in [0.05, 0.1) is 5.75 Å². The molecule has 0 aromatic heterocycles. The number of amides is 1. The molecule has 0 spiro atoms. The van der Waals surface area contributed by atoms with Gasteiger partial charge in [0, 0.05) is 36.6 Å². The average molecular weight is 415 g/mol. The quantitative estimate of drug-likeness (QED) is 0.760. The number of rotatable bonds is 4. The molecular weight excluding hydrogens is 392 g/mol. The molecule has 7 heteroatoms. The number of piperidine rings is 1. The Kier molecular flexibility index (Phi) is 5.62. The zero-order chi connectivity index (χ0) is 17.2. The van der Waals surface area contributed by atoms with E-state index in [0.717, 1.165) is 36.0 Å². The Hall–Kier alpha value is -0.920. The molecule has 0 N–H and O–H groups in total. The van der Waals surface area contributed by atoms with Crippen molar-refractivity contribution < 1.29 is 13.2 Å². The highest BCUT2D eigenvalue weighted by molar-refractivity contribution is 9.10. The highest BCUT2D eigenvalue weighted by Crippen LogP contribution is 2.25. The van der Waals surface area contributed by atoms with Crippen LogP contribution in [0.2, 0.25) is 0 Å². The number of carbonyl (C=O) groups is 1. The maximum absolute atomic E-state index is 12.6. The van der Waals surface area contributed by atoms with Gasteiger partial charge in [0.25, 0.3) is 0 Å². The number of carbonyl (C=O) groups excluding carboxylic acids is 1. The molecule has 5 nitrogen and oxygen atoms in total. The van der Waals surface area contributed by atoms with Gasteiger partial charge < -0.3 is 4.90 Å². The topological polar surface area (TPSA) is 57.7 Å². The van der Waals surface area contributed by atoms with Crippen molar-refractivity contribution in [3.8, 4) is 0 Å². The van der Waals surface area contributed by atoms with Crippen molar-refractivity contribution in [1.82, 2.24) is 9.21 Å². The van der Waals surface area contributed by atoms with Crippen molar-refractivity contribution in [3.05, 3.63) is 34.3 Å². The Morgan fingerprint density at radius 3 is 2.42 bits per heavy atom. The molecule has 2 heterocycles. The van der Waals surface area contributed by atoms with Gasteiger partial charge in [0.2, 0.25) is 15.9 Å². The van der Waals surface area contributed by atoms with Gasteiger partial charge in [-0.1, -0.05) is 28.1 Å². The summed E-state index contributed by atoms with van der Waals surface area (Å²) in [6, 6.07) is 7.38. The van der Waals surface area contributed by atoms with Gasteiger partial charge in [-0.3, -0.25) is 4.79 Å². The van der Waals surface area contributed by atoms with Crippen LogP contribution < -0.4 is 0 Å². The van der Waals surface area contributed by atoms with E-state index in [1.54, 1.807) is 4.31 Å². The molecule has 3 rings (SSSR count). The molecule has 1 aromatic rings. The summed E-state index contributed by atoms with van der Waals surface area (Å²) in [7, 11) is -3.33. The number of hydrogen-bond acceptors (Lipinski definition) is 3. The lowest BCUT2D eigenvalue weighted by Crippen LogP contribution is -2.44. The fraction of sp³-hybridized carbons (Fsp3) is 0.588. The van der Waals surface area contributed by atoms with Crippen LogP contribution in [0.15, 0.2) is 28.7 Å². The zero-order valence-electron chi connectivity index (χ0n) is 13.7. The first-order valence-corrected chi connectivity index (χ1v) is 10.9. The van der Waals surface area contributed by atoms with Crippen molar-refractivity contribution in [1.29, 1.82) is 0 Å². The minimum atomic E-state index is -3.33. The number of halogens is 1. The minimum Gasteiger partial charge on any atom is -0.342 e. The van der Waals surface area contributed by atoms with Crippen molar-refractivity contribution in [3.63, 3.8) is 0 Å². The van der Waals surface area contributed by atoms with E-state index in [1.165, 1.54) is 0 Å². The lowest BCUT2D eigenvalue weighted by molar-refractivity contribution is -0.135. The monoisotopic (exact) mass is 414 g/mol. The molecule has 2 aliphatic rings. The fourth-order valence-corrected chi connectivity index (χ4v) is 5.50. The number of benzene rings is 1. The first kappa shape index (κ1) is 17.9. The van der Waals surface area contributed by atoms with Crippen molar-refractivity contribution in [2.24, 2.45) is 5.92 Å². The summed E-state index contributed by atoms with van der Waals surface area (Å²) >= 11 is 3.37. The molecule has 24 heavy (non-hydrogen) atoms. The Bertz CT molecular complexity index is 694. The Morgan fingerprint density at radius 2 is 1.79 bits per heavy atom. The summed E-state index contributed by atoms with van der Waals surface area (Å²) < 4.78 is 27.7. The van der Waals surface area contributed by atoms with Gasteiger partial charge >= 0.3 is 0 Å². The van der Waals surface area contributed by atoms with E-state index in [2.05, 4.69) is 15.9 Å². The van der Waals surface area contributed by atoms with Gasteiger partial charge in [0.1, 0.15) is 0 Å². The number of sulfonamides is 1. The van der Waals surface area contributed by atoms with E-state index in [0.29, 0.717) is 25.9 Å². The largest absolute Gasteiger partial charge is 0.342 e. The molecule has 2 fully saturated rings. The average Bonchev–Trinajstić information content (AvgIpc) is 3.08. The molecule has 2 aliphatic heterocycles. The van der Waals surface area contributed by atoms with Gasteiger partial charge in [0.15, 0.2) is 0 Å². The van der Waals surface area contributed by atoms with Gasteiger partial charge in [-0.25, -0.2) is 12.7 Å². The first-order valence-electron chi connectivity index (χ1n) is 8.47. The summed E-state index contributed by atoms with van der Waals surface area (Å²) in [5.41, 5.74) is 0.777. The zero-order valence-corrected chi connectivity index (χ0v) is 16.1. The van der Waals surface area contributed by atoms with E-state index in [1.807, 2.05) is 29.2 Å². The smallest absolute Gasteiger partial charge is 0.225 e. The van der Waals surface area contributed by atoms with Crippen LogP contribution >= 0.6 is 15.9 Å². The summed E-state index contributed by atoms with van der Waals surface area (Å²) in [4.78, 5) is 14.4. The fourth-order valence-electron chi connectivity index (χ4n) is 3.51. The van der Waals surface area contributed by atoms with Crippen molar-refractivity contribution >= 4 is 31.9 Å². The Labute approximate surface area is 152 Å². The standard InChI is InChI=1S/C17H23BrN2O3S/c18-16-5-3-4-14(12-16)13-24(22,23)20-10-6-15(7-11-20)17(21)19-8-1-2-9-19/h3-5,12,15H,1-2,6-11,13H2. The van der Waals surface area contributed by atoms with Gasteiger partial charge in [-0.05, 0) is 43.4 Å². The van der Waals surface area contributed by atoms with E-state index in [4.69, 9.17) is 0 Å². The minimum absolute atomic E-state index is 0.0111. The van der Waals surface area contributed by atoms with Crippen molar-refractivity contribution in [2.45, 2.75) is 31.4 Å². The predicted molar refractivity (Wildman–Crippen MR) is 96.9 cm³/mol. The number of likely N-dealkylation sites (tertiary alicyclic amines) is 1. The van der Waals surface area contributed by atoms with E-state index >= 15 is 0 Å². The summed E-state index contributed by atoms with van der Waals surface area (Å²) in [5, 5.41) is 0. The highest BCUT2D eigenvalue weighted by atomic mass is 79.9. The van der Waals surface area contributed by atoms with Crippen LogP contribution in [-0.4, -0.2) is 49.7 Å². The first-order chi connectivity index (χ1) is 11.5. The third kappa shape index (κ3) is 4.18. The molecule has 0 atom stereocenters. The second-order valence-electron chi connectivity index (χ2n) is 6.59. The summed E-state index contributed by atoms with van der Waals surface area (Å²) in [6.07, 6.45) is 3.44. The molecule has 1 aromatic carbocycles. The molecule has 0 unspecified atom stereocenters. The second kappa shape index (κ2) is 7.54. The normalized spacial score (nSPS) is 20.5. The van der Waals surface area contributed by atoms with Crippen LogP contribution in [0, 0.1) is 5.92 Å². The van der Waals surface area contributed by atoms with Gasteiger partial charge in [-0.2, -0.15) is 0 Å². The van der Waals surface area contributed by atoms with Crippen LogP contribution in [0.25, 0.3) is 0 Å². The van der Waals surface area contributed by atoms with E-state index < -0.39 is 10.0 Å². The molecule has 0 aliphatic carbocycles. The highest BCUT2D eigenvalue weighted by Gasteiger charge is 2.33. The summed E-state index contributed by atoms with van der Waals surface area (Å²) in [6.45, 7) is 2.61. The molecular formula is C17H23BrN2O3S. The molecule has 1 amide bonds. The van der Waals surface area contributed by atoms with Crippen LogP contribution in [0.3, 0.4) is 0 Å². The van der Waals surface area contributed by atoms with Crippen LogP contribution in [-0.2, 0) is 20.6 Å². The maximum Gasteiger partial charge on any atom is 0.225 e. The van der Waals surface area contributed by atoms with Crippen molar-refractivity contribution in [2.75, 3.05) is 26.2 Å².